The lowest BCUT2D eigenvalue weighted by Gasteiger charge is -2.30. The number of imidazole rings is 1. The molecule has 3 heterocycles. The number of aromatic nitrogens is 3. The van der Waals surface area contributed by atoms with E-state index in [1.54, 1.807) is 0 Å². The topological polar surface area (TPSA) is 45.5 Å². The van der Waals surface area contributed by atoms with Gasteiger partial charge in [-0.25, -0.2) is 9.97 Å². The summed E-state index contributed by atoms with van der Waals surface area (Å²) in [5.41, 5.74) is 0.962. The first-order valence-electron chi connectivity index (χ1n) is 7.61. The molecule has 3 rings (SSSR count). The molecule has 0 radical (unpaired) electrons. The van der Waals surface area contributed by atoms with Crippen LogP contribution in [0.2, 0.25) is 0 Å². The van der Waals surface area contributed by atoms with Crippen LogP contribution in [0, 0.1) is 0 Å². The number of hydrogen-bond donors (Lipinski definition) is 1. The highest BCUT2D eigenvalue weighted by Crippen LogP contribution is 2.28. The van der Waals surface area contributed by atoms with Crippen LogP contribution in [0.5, 0.6) is 0 Å². The van der Waals surface area contributed by atoms with Crippen molar-refractivity contribution in [2.24, 2.45) is 0 Å². The van der Waals surface area contributed by atoms with Gasteiger partial charge in [-0.15, -0.1) is 0 Å². The quantitative estimate of drug-likeness (QED) is 0.934. The van der Waals surface area contributed by atoms with Crippen molar-refractivity contribution in [3.8, 4) is 0 Å². The SMILES string of the molecule is CCC1CCCCCN1c1nc(NC)cn2ccnc12. The van der Waals surface area contributed by atoms with Gasteiger partial charge in [-0.05, 0) is 19.3 Å². The van der Waals surface area contributed by atoms with Crippen LogP contribution in [0.1, 0.15) is 39.0 Å². The molecule has 1 atom stereocenters. The molecule has 2 aromatic rings. The lowest BCUT2D eigenvalue weighted by Crippen LogP contribution is -2.35. The van der Waals surface area contributed by atoms with Gasteiger partial charge in [0, 0.05) is 32.0 Å². The van der Waals surface area contributed by atoms with Crippen molar-refractivity contribution in [3.05, 3.63) is 18.6 Å². The van der Waals surface area contributed by atoms with Gasteiger partial charge in [-0.2, -0.15) is 0 Å². The highest BCUT2D eigenvalue weighted by atomic mass is 15.3. The third kappa shape index (κ3) is 2.32. The largest absolute Gasteiger partial charge is 0.372 e. The smallest absolute Gasteiger partial charge is 0.180 e. The Hall–Kier alpha value is -1.78. The zero-order valence-electron chi connectivity index (χ0n) is 12.3. The summed E-state index contributed by atoms with van der Waals surface area (Å²) in [6.07, 6.45) is 12.1. The van der Waals surface area contributed by atoms with E-state index in [-0.39, 0.29) is 0 Å². The third-order valence-electron chi connectivity index (χ3n) is 4.23. The Morgan fingerprint density at radius 3 is 3.05 bits per heavy atom. The number of nitrogens with one attached hydrogen (secondary N) is 1. The van der Waals surface area contributed by atoms with Gasteiger partial charge in [0.25, 0.3) is 0 Å². The van der Waals surface area contributed by atoms with Crippen LogP contribution in [0.3, 0.4) is 0 Å². The molecule has 108 valence electrons. The fourth-order valence-corrected chi connectivity index (χ4v) is 3.11. The molecule has 20 heavy (non-hydrogen) atoms. The second-order valence-electron chi connectivity index (χ2n) is 5.46. The Kier molecular flexibility index (Phi) is 3.76. The van der Waals surface area contributed by atoms with Crippen molar-refractivity contribution in [3.63, 3.8) is 0 Å². The fourth-order valence-electron chi connectivity index (χ4n) is 3.11. The van der Waals surface area contributed by atoms with Crippen LogP contribution >= 0.6 is 0 Å². The van der Waals surface area contributed by atoms with Crippen LogP contribution in [0.4, 0.5) is 11.6 Å². The average molecular weight is 273 g/mol. The summed E-state index contributed by atoms with van der Waals surface area (Å²) >= 11 is 0. The number of hydrogen-bond acceptors (Lipinski definition) is 4. The fraction of sp³-hybridized carbons (Fsp3) is 0.600. The first kappa shape index (κ1) is 13.2. The van der Waals surface area contributed by atoms with Gasteiger partial charge in [-0.1, -0.05) is 19.8 Å². The maximum atomic E-state index is 4.79. The molecule has 5 heteroatoms. The minimum Gasteiger partial charge on any atom is -0.372 e. The molecule has 0 amide bonds. The van der Waals surface area contributed by atoms with E-state index in [9.17, 15) is 0 Å². The zero-order chi connectivity index (χ0) is 13.9. The summed E-state index contributed by atoms with van der Waals surface area (Å²) in [5.74, 6) is 1.92. The Morgan fingerprint density at radius 2 is 2.25 bits per heavy atom. The van der Waals surface area contributed by atoms with E-state index in [0.717, 1.165) is 23.8 Å². The molecule has 1 N–H and O–H groups in total. The molecule has 0 aromatic carbocycles. The molecule has 2 aromatic heterocycles. The second kappa shape index (κ2) is 5.69. The molecular formula is C15H23N5. The minimum atomic E-state index is 0.581. The summed E-state index contributed by atoms with van der Waals surface area (Å²) in [5, 5.41) is 3.15. The van der Waals surface area contributed by atoms with E-state index in [0.29, 0.717) is 6.04 Å². The molecule has 1 aliphatic heterocycles. The molecule has 1 aliphatic rings. The van der Waals surface area contributed by atoms with Gasteiger partial charge >= 0.3 is 0 Å². The van der Waals surface area contributed by atoms with Crippen molar-refractivity contribution in [1.29, 1.82) is 0 Å². The van der Waals surface area contributed by atoms with Crippen molar-refractivity contribution in [2.75, 3.05) is 23.8 Å². The predicted molar refractivity (Wildman–Crippen MR) is 82.4 cm³/mol. The van der Waals surface area contributed by atoms with Gasteiger partial charge in [0.1, 0.15) is 5.82 Å². The number of fused-ring (bicyclic) bond motifs is 1. The molecule has 5 nitrogen and oxygen atoms in total. The summed E-state index contributed by atoms with van der Waals surface area (Å²) in [4.78, 5) is 11.8. The average Bonchev–Trinajstić information content (AvgIpc) is 2.82. The van der Waals surface area contributed by atoms with E-state index in [2.05, 4.69) is 26.5 Å². The van der Waals surface area contributed by atoms with Crippen LogP contribution in [0.25, 0.3) is 5.65 Å². The highest BCUT2D eigenvalue weighted by Gasteiger charge is 2.23. The molecule has 1 fully saturated rings. The molecule has 0 saturated carbocycles. The first-order chi connectivity index (χ1) is 9.83. The van der Waals surface area contributed by atoms with Crippen LogP contribution in [-0.4, -0.2) is 34.0 Å². The molecule has 0 bridgehead atoms. The molecule has 1 saturated heterocycles. The van der Waals surface area contributed by atoms with Gasteiger partial charge in [-0.3, -0.25) is 0 Å². The Morgan fingerprint density at radius 1 is 1.35 bits per heavy atom. The van der Waals surface area contributed by atoms with Crippen LogP contribution in [0.15, 0.2) is 18.6 Å². The van der Waals surface area contributed by atoms with Crippen molar-refractivity contribution in [1.82, 2.24) is 14.4 Å². The predicted octanol–water partition coefficient (Wildman–Crippen LogP) is 2.93. The van der Waals surface area contributed by atoms with Crippen molar-refractivity contribution >= 4 is 17.3 Å². The van der Waals surface area contributed by atoms with E-state index in [1.165, 1.54) is 32.1 Å². The number of nitrogens with zero attached hydrogens (tertiary/aromatic N) is 4. The zero-order valence-corrected chi connectivity index (χ0v) is 12.3. The number of rotatable bonds is 3. The van der Waals surface area contributed by atoms with E-state index >= 15 is 0 Å². The Balaban J connectivity index is 2.08. The lowest BCUT2D eigenvalue weighted by molar-refractivity contribution is 0.553. The third-order valence-corrected chi connectivity index (χ3v) is 4.23. The maximum Gasteiger partial charge on any atom is 0.180 e. The van der Waals surface area contributed by atoms with Crippen molar-refractivity contribution < 1.29 is 0 Å². The van der Waals surface area contributed by atoms with Gasteiger partial charge in [0.15, 0.2) is 11.5 Å². The monoisotopic (exact) mass is 273 g/mol. The van der Waals surface area contributed by atoms with Gasteiger partial charge < -0.3 is 14.6 Å². The van der Waals surface area contributed by atoms with E-state index in [4.69, 9.17) is 4.98 Å². The summed E-state index contributed by atoms with van der Waals surface area (Å²) in [7, 11) is 1.91. The van der Waals surface area contributed by atoms with Crippen LogP contribution in [-0.2, 0) is 0 Å². The summed E-state index contributed by atoms with van der Waals surface area (Å²) in [6.45, 7) is 3.36. The molecular weight excluding hydrogens is 250 g/mol. The molecule has 0 aliphatic carbocycles. The number of anilines is 2. The van der Waals surface area contributed by atoms with Crippen molar-refractivity contribution in [2.45, 2.75) is 45.1 Å². The highest BCUT2D eigenvalue weighted by molar-refractivity contribution is 5.67. The Labute approximate surface area is 120 Å². The van der Waals surface area contributed by atoms with Crippen LogP contribution < -0.4 is 10.2 Å². The maximum absolute atomic E-state index is 4.79. The minimum absolute atomic E-state index is 0.581. The first-order valence-corrected chi connectivity index (χ1v) is 7.61. The molecule has 1 unspecified atom stereocenters. The lowest BCUT2D eigenvalue weighted by atomic mass is 10.1. The Bertz CT molecular complexity index is 577. The summed E-state index contributed by atoms with van der Waals surface area (Å²) in [6, 6.07) is 0.581. The van der Waals surface area contributed by atoms with E-state index in [1.807, 2.05) is 25.6 Å². The summed E-state index contributed by atoms with van der Waals surface area (Å²) < 4.78 is 2.06. The standard InChI is InChI=1S/C15H23N5/c1-3-12-7-5-4-6-9-20(12)15-14-17-8-10-19(14)11-13(16-2)18-15/h8,10-12,16H,3-7,9H2,1-2H3. The van der Waals surface area contributed by atoms with Gasteiger partial charge in [0.05, 0.1) is 6.20 Å². The van der Waals surface area contributed by atoms with E-state index < -0.39 is 0 Å². The second-order valence-corrected chi connectivity index (χ2v) is 5.46. The normalized spacial score (nSPS) is 20.1. The van der Waals surface area contributed by atoms with Gasteiger partial charge in [0.2, 0.25) is 0 Å². The molecule has 0 spiro atoms.